The van der Waals surface area contributed by atoms with Gasteiger partial charge in [-0.15, -0.1) is 0 Å². The lowest BCUT2D eigenvalue weighted by atomic mass is 10.0. The number of carboxylic acid groups (broad SMARTS) is 1. The number of rotatable bonds is 18. The Balaban J connectivity index is 2.30. The topological polar surface area (TPSA) is 296 Å². The molecule has 16 nitrogen and oxygen atoms in total. The molecule has 0 aliphatic heterocycles. The maximum Gasteiger partial charge on any atom is 0.326 e. The summed E-state index contributed by atoms with van der Waals surface area (Å²) in [7, 11) is 0. The van der Waals surface area contributed by atoms with E-state index < -0.39 is 65.6 Å². The van der Waals surface area contributed by atoms with Crippen molar-refractivity contribution in [3.8, 4) is 0 Å². The Labute approximate surface area is 240 Å². The molecule has 2 aromatic rings. The van der Waals surface area contributed by atoms with Gasteiger partial charge < -0.3 is 49.0 Å². The van der Waals surface area contributed by atoms with Crippen molar-refractivity contribution in [3.63, 3.8) is 0 Å². The van der Waals surface area contributed by atoms with Gasteiger partial charge in [0.25, 0.3) is 0 Å². The predicted octanol–water partition coefficient (Wildman–Crippen LogP) is -2.63. The van der Waals surface area contributed by atoms with Crippen LogP contribution in [-0.2, 0) is 40.0 Å². The number of nitrogens with one attached hydrogen (secondary N) is 4. The zero-order chi connectivity index (χ0) is 31.4. The normalized spacial score (nSPS) is 13.7. The quantitative estimate of drug-likeness (QED) is 0.0878. The summed E-state index contributed by atoms with van der Waals surface area (Å²) in [5.41, 5.74) is 22.7. The number of hydrogen-bond donors (Lipinski definition) is 9. The van der Waals surface area contributed by atoms with Crippen molar-refractivity contribution < 1.29 is 38.7 Å². The highest BCUT2D eigenvalue weighted by molar-refractivity contribution is 5.95. The fourth-order valence-electron chi connectivity index (χ4n) is 4.08. The van der Waals surface area contributed by atoms with Gasteiger partial charge in [0, 0.05) is 42.8 Å². The highest BCUT2D eigenvalue weighted by Crippen LogP contribution is 2.19. The van der Waals surface area contributed by atoms with E-state index in [0.717, 1.165) is 10.9 Å². The Kier molecular flexibility index (Phi) is 12.4. The number of aromatic amines is 1. The van der Waals surface area contributed by atoms with Crippen molar-refractivity contribution in [3.05, 3.63) is 36.0 Å². The van der Waals surface area contributed by atoms with E-state index >= 15 is 0 Å². The Morgan fingerprint density at radius 1 is 0.714 bits per heavy atom. The lowest BCUT2D eigenvalue weighted by Crippen LogP contribution is -2.57. The molecule has 1 aromatic carbocycles. The van der Waals surface area contributed by atoms with Crippen LogP contribution in [0.4, 0.5) is 0 Å². The van der Waals surface area contributed by atoms with E-state index in [2.05, 4.69) is 20.9 Å². The lowest BCUT2D eigenvalue weighted by Gasteiger charge is -2.25. The van der Waals surface area contributed by atoms with E-state index in [1.54, 1.807) is 18.3 Å². The Morgan fingerprint density at radius 2 is 1.21 bits per heavy atom. The molecular formula is C26H36N8O8. The number of carbonyl (C=O) groups is 7. The number of aromatic nitrogens is 1. The van der Waals surface area contributed by atoms with Crippen LogP contribution in [0.3, 0.4) is 0 Å². The SMILES string of the molecule is NC(=O)CCC(N)C(=O)NC(Cc1c[nH]c2ccccc12)C(=O)NC(CCC(N)=O)C(=O)NC(CCC(N)=O)C(=O)O. The van der Waals surface area contributed by atoms with Crippen molar-refractivity contribution in [1.82, 2.24) is 20.9 Å². The molecule has 0 aliphatic rings. The minimum absolute atomic E-state index is 0.0509. The van der Waals surface area contributed by atoms with Crippen LogP contribution in [0.25, 0.3) is 10.9 Å². The lowest BCUT2D eigenvalue weighted by molar-refractivity contribution is -0.142. The molecule has 42 heavy (non-hydrogen) atoms. The van der Waals surface area contributed by atoms with Gasteiger partial charge in [0.05, 0.1) is 6.04 Å². The number of amides is 6. The fourth-order valence-corrected chi connectivity index (χ4v) is 4.08. The first-order valence-electron chi connectivity index (χ1n) is 13.1. The molecular weight excluding hydrogens is 552 g/mol. The Morgan fingerprint density at radius 3 is 1.81 bits per heavy atom. The molecule has 0 radical (unpaired) electrons. The van der Waals surface area contributed by atoms with E-state index in [1.165, 1.54) is 0 Å². The highest BCUT2D eigenvalue weighted by atomic mass is 16.4. The number of benzene rings is 1. The number of para-hydroxylation sites is 1. The first kappa shape index (κ1) is 33.2. The van der Waals surface area contributed by atoms with Crippen LogP contribution < -0.4 is 38.9 Å². The molecule has 6 amide bonds. The largest absolute Gasteiger partial charge is 0.480 e. The molecule has 1 aromatic heterocycles. The molecule has 4 atom stereocenters. The van der Waals surface area contributed by atoms with Gasteiger partial charge in [0.15, 0.2) is 0 Å². The smallest absolute Gasteiger partial charge is 0.326 e. The van der Waals surface area contributed by atoms with Gasteiger partial charge in [0.1, 0.15) is 18.1 Å². The number of H-pyrrole nitrogens is 1. The Bertz CT molecular complexity index is 1330. The number of nitrogens with two attached hydrogens (primary N) is 4. The molecule has 16 heteroatoms. The summed E-state index contributed by atoms with van der Waals surface area (Å²) in [6.45, 7) is 0. The van der Waals surface area contributed by atoms with Crippen molar-refractivity contribution in [2.75, 3.05) is 0 Å². The van der Waals surface area contributed by atoms with Crippen LogP contribution in [0.15, 0.2) is 30.5 Å². The van der Waals surface area contributed by atoms with Crippen molar-refractivity contribution in [2.45, 2.75) is 69.1 Å². The molecule has 2 rings (SSSR count). The van der Waals surface area contributed by atoms with E-state index in [-0.39, 0.29) is 44.9 Å². The number of carboxylic acids is 1. The van der Waals surface area contributed by atoms with E-state index in [1.807, 2.05) is 12.1 Å². The summed E-state index contributed by atoms with van der Waals surface area (Å²) in [6.07, 6.45) is 0.0928. The number of aliphatic carboxylic acids is 1. The minimum atomic E-state index is -1.51. The average Bonchev–Trinajstić information content (AvgIpc) is 3.33. The van der Waals surface area contributed by atoms with Gasteiger partial charge in [-0.3, -0.25) is 28.8 Å². The standard InChI is InChI=1S/C26H36N8O8/c27-15(5-8-20(28)35)23(38)34-19(11-13-12-31-16-4-2-1-3-14(13)16)25(40)32-17(6-9-21(29)36)24(39)33-18(26(41)42)7-10-22(30)37/h1-4,12,15,17-19,31H,5-11,27H2,(H2,28,35)(H2,29,36)(H2,30,37)(H,32,40)(H,33,39)(H,34,38)(H,41,42). The molecule has 228 valence electrons. The van der Waals surface area contributed by atoms with Gasteiger partial charge in [-0.05, 0) is 30.9 Å². The third-order valence-electron chi connectivity index (χ3n) is 6.38. The van der Waals surface area contributed by atoms with Crippen LogP contribution in [0, 0.1) is 0 Å². The summed E-state index contributed by atoms with van der Waals surface area (Å²) in [6, 6.07) is 1.80. The molecule has 0 spiro atoms. The molecule has 0 aliphatic carbocycles. The summed E-state index contributed by atoms with van der Waals surface area (Å²) in [5, 5.41) is 17.4. The van der Waals surface area contributed by atoms with E-state index in [9.17, 15) is 38.7 Å². The molecule has 0 fully saturated rings. The first-order chi connectivity index (χ1) is 19.8. The van der Waals surface area contributed by atoms with Crippen LogP contribution in [0.1, 0.15) is 44.1 Å². The van der Waals surface area contributed by atoms with Gasteiger partial charge in [-0.25, -0.2) is 4.79 Å². The summed E-state index contributed by atoms with van der Waals surface area (Å²) < 4.78 is 0. The number of primary amides is 3. The zero-order valence-corrected chi connectivity index (χ0v) is 22.8. The maximum absolute atomic E-state index is 13.5. The second-order valence-electron chi connectivity index (χ2n) is 9.71. The van der Waals surface area contributed by atoms with Crippen molar-refractivity contribution in [1.29, 1.82) is 0 Å². The van der Waals surface area contributed by atoms with Crippen LogP contribution in [-0.4, -0.2) is 75.7 Å². The summed E-state index contributed by atoms with van der Waals surface area (Å²) in [5.74, 6) is -6.23. The second kappa shape index (κ2) is 15.7. The third-order valence-corrected chi connectivity index (χ3v) is 6.38. The Hall–Kier alpha value is -4.99. The fraction of sp³-hybridized carbons (Fsp3) is 0.423. The average molecular weight is 589 g/mol. The number of hydrogen-bond acceptors (Lipinski definition) is 8. The van der Waals surface area contributed by atoms with Gasteiger partial charge >= 0.3 is 5.97 Å². The molecule has 0 saturated carbocycles. The number of fused-ring (bicyclic) bond motifs is 1. The maximum atomic E-state index is 13.5. The molecule has 1 heterocycles. The molecule has 4 unspecified atom stereocenters. The monoisotopic (exact) mass is 588 g/mol. The van der Waals surface area contributed by atoms with Crippen molar-refractivity contribution in [2.24, 2.45) is 22.9 Å². The molecule has 0 bridgehead atoms. The van der Waals surface area contributed by atoms with Gasteiger partial charge in [-0.1, -0.05) is 18.2 Å². The summed E-state index contributed by atoms with van der Waals surface area (Å²) >= 11 is 0. The van der Waals surface area contributed by atoms with Gasteiger partial charge in [0.2, 0.25) is 35.4 Å². The van der Waals surface area contributed by atoms with Crippen LogP contribution in [0.5, 0.6) is 0 Å². The van der Waals surface area contributed by atoms with E-state index in [0.29, 0.717) is 5.56 Å². The first-order valence-corrected chi connectivity index (χ1v) is 13.1. The molecule has 13 N–H and O–H groups in total. The molecule has 0 saturated heterocycles. The number of carbonyl (C=O) groups excluding carboxylic acids is 6. The van der Waals surface area contributed by atoms with Crippen LogP contribution in [0.2, 0.25) is 0 Å². The highest BCUT2D eigenvalue weighted by Gasteiger charge is 2.31. The van der Waals surface area contributed by atoms with Crippen molar-refractivity contribution >= 4 is 52.3 Å². The van der Waals surface area contributed by atoms with E-state index in [4.69, 9.17) is 22.9 Å². The predicted molar refractivity (Wildman–Crippen MR) is 149 cm³/mol. The third kappa shape index (κ3) is 10.5. The van der Waals surface area contributed by atoms with Crippen LogP contribution >= 0.6 is 0 Å². The minimum Gasteiger partial charge on any atom is -0.480 e. The summed E-state index contributed by atoms with van der Waals surface area (Å²) in [4.78, 5) is 87.7. The zero-order valence-electron chi connectivity index (χ0n) is 22.8. The second-order valence-corrected chi connectivity index (χ2v) is 9.71. The van der Waals surface area contributed by atoms with Gasteiger partial charge in [-0.2, -0.15) is 0 Å².